The number of nitrogens with one attached hydrogen (secondary N) is 1. The Morgan fingerprint density at radius 3 is 3.00 bits per heavy atom. The maximum Gasteiger partial charge on any atom is 0.323 e. The number of nitriles is 1. The van der Waals surface area contributed by atoms with Crippen molar-refractivity contribution in [2.24, 2.45) is 0 Å². The minimum absolute atomic E-state index is 0.0850. The first-order chi connectivity index (χ1) is 14.3. The van der Waals surface area contributed by atoms with Gasteiger partial charge in [-0.1, -0.05) is 0 Å². The van der Waals surface area contributed by atoms with Gasteiger partial charge < -0.3 is 25.1 Å². The SMILES string of the molecule is CC(C)OC(=O)[C@H](C)NCOC[C@@H]1C[C@@H](O)[C@](C#N)(c2ccc3c(N)ncnn23)O1. The van der Waals surface area contributed by atoms with Crippen molar-refractivity contribution in [2.75, 3.05) is 19.1 Å². The number of esters is 1. The number of aliphatic hydroxyl groups excluding tert-OH is 1. The molecule has 4 N–H and O–H groups in total. The lowest BCUT2D eigenvalue weighted by atomic mass is 9.94. The van der Waals surface area contributed by atoms with E-state index in [-0.39, 0.29) is 37.6 Å². The first-order valence-corrected chi connectivity index (χ1v) is 9.66. The van der Waals surface area contributed by atoms with Crippen molar-refractivity contribution in [1.82, 2.24) is 19.9 Å². The fraction of sp³-hybridized carbons (Fsp3) is 0.579. The molecule has 0 saturated carbocycles. The molecule has 0 aromatic carbocycles. The highest BCUT2D eigenvalue weighted by atomic mass is 16.6. The molecule has 4 atom stereocenters. The van der Waals surface area contributed by atoms with Gasteiger partial charge in [-0.05, 0) is 32.9 Å². The molecule has 162 valence electrons. The molecule has 0 amide bonds. The van der Waals surface area contributed by atoms with E-state index in [2.05, 4.69) is 21.5 Å². The van der Waals surface area contributed by atoms with Crippen LogP contribution in [0.2, 0.25) is 0 Å². The molecule has 1 saturated heterocycles. The van der Waals surface area contributed by atoms with Gasteiger partial charge in [0.15, 0.2) is 5.82 Å². The zero-order chi connectivity index (χ0) is 21.9. The highest BCUT2D eigenvalue weighted by Gasteiger charge is 2.52. The van der Waals surface area contributed by atoms with Crippen LogP contribution in [-0.4, -0.2) is 63.4 Å². The van der Waals surface area contributed by atoms with Crippen molar-refractivity contribution >= 4 is 17.3 Å². The van der Waals surface area contributed by atoms with Crippen molar-refractivity contribution in [2.45, 2.75) is 57.1 Å². The summed E-state index contributed by atoms with van der Waals surface area (Å²) >= 11 is 0. The van der Waals surface area contributed by atoms with Crippen LogP contribution in [0.5, 0.6) is 0 Å². The van der Waals surface area contributed by atoms with Gasteiger partial charge in [0.25, 0.3) is 0 Å². The predicted molar refractivity (Wildman–Crippen MR) is 105 cm³/mol. The van der Waals surface area contributed by atoms with E-state index < -0.39 is 23.9 Å². The Morgan fingerprint density at radius 2 is 2.30 bits per heavy atom. The van der Waals surface area contributed by atoms with Gasteiger partial charge in [0, 0.05) is 6.42 Å². The Morgan fingerprint density at radius 1 is 1.53 bits per heavy atom. The van der Waals surface area contributed by atoms with Crippen LogP contribution in [0.1, 0.15) is 32.9 Å². The average Bonchev–Trinajstić information content (AvgIpc) is 3.27. The first kappa shape index (κ1) is 21.9. The molecule has 2 aromatic heterocycles. The van der Waals surface area contributed by atoms with E-state index >= 15 is 0 Å². The summed E-state index contributed by atoms with van der Waals surface area (Å²) in [5.41, 5.74) is 5.13. The number of nitrogen functional groups attached to an aromatic ring is 1. The third kappa shape index (κ3) is 4.22. The third-order valence-corrected chi connectivity index (χ3v) is 4.84. The summed E-state index contributed by atoms with van der Waals surface area (Å²) in [4.78, 5) is 15.7. The van der Waals surface area contributed by atoms with Crippen molar-refractivity contribution < 1.29 is 24.1 Å². The maximum absolute atomic E-state index is 11.8. The average molecular weight is 418 g/mol. The molecule has 0 aliphatic carbocycles. The number of nitrogens with zero attached hydrogens (tertiary/aromatic N) is 4. The summed E-state index contributed by atoms with van der Waals surface area (Å²) in [5.74, 6) is -0.112. The molecular formula is C19H26N6O5. The second-order valence-electron chi connectivity index (χ2n) is 7.43. The summed E-state index contributed by atoms with van der Waals surface area (Å²) < 4.78 is 18.0. The number of nitrogens with two attached hydrogens (primary N) is 1. The van der Waals surface area contributed by atoms with Crippen LogP contribution in [0.15, 0.2) is 18.5 Å². The number of anilines is 1. The lowest BCUT2D eigenvalue weighted by molar-refractivity contribution is -0.150. The van der Waals surface area contributed by atoms with E-state index in [0.717, 1.165) is 0 Å². The number of fused-ring (bicyclic) bond motifs is 1. The molecule has 11 heteroatoms. The fourth-order valence-corrected chi connectivity index (χ4v) is 3.32. The number of ether oxygens (including phenoxy) is 3. The molecule has 1 fully saturated rings. The molecule has 3 heterocycles. The van der Waals surface area contributed by atoms with E-state index in [9.17, 15) is 15.2 Å². The van der Waals surface area contributed by atoms with E-state index in [4.69, 9.17) is 19.9 Å². The normalized spacial score (nSPS) is 24.8. The Balaban J connectivity index is 1.61. The molecule has 3 rings (SSSR count). The highest BCUT2D eigenvalue weighted by Crippen LogP contribution is 2.40. The molecule has 0 bridgehead atoms. The molecule has 1 aliphatic rings. The molecular weight excluding hydrogens is 392 g/mol. The molecule has 1 aliphatic heterocycles. The minimum Gasteiger partial charge on any atom is -0.462 e. The van der Waals surface area contributed by atoms with Crippen molar-refractivity contribution in [3.8, 4) is 6.07 Å². The van der Waals surface area contributed by atoms with E-state index in [1.54, 1.807) is 32.9 Å². The molecule has 0 radical (unpaired) electrons. The van der Waals surface area contributed by atoms with Crippen molar-refractivity contribution in [3.63, 3.8) is 0 Å². The molecule has 30 heavy (non-hydrogen) atoms. The quantitative estimate of drug-likeness (QED) is 0.305. The summed E-state index contributed by atoms with van der Waals surface area (Å²) in [6.07, 6.45) is -0.328. The second kappa shape index (κ2) is 8.93. The van der Waals surface area contributed by atoms with Gasteiger partial charge >= 0.3 is 5.97 Å². The third-order valence-electron chi connectivity index (χ3n) is 4.84. The largest absolute Gasteiger partial charge is 0.462 e. The molecule has 0 spiro atoms. The lowest BCUT2D eigenvalue weighted by Crippen LogP contribution is -2.38. The monoisotopic (exact) mass is 418 g/mol. The van der Waals surface area contributed by atoms with Gasteiger partial charge in [0.05, 0.1) is 31.2 Å². The number of aromatic nitrogens is 3. The molecule has 11 nitrogen and oxygen atoms in total. The number of carbonyl (C=O) groups excluding carboxylic acids is 1. The van der Waals surface area contributed by atoms with Crippen molar-refractivity contribution in [3.05, 3.63) is 24.2 Å². The van der Waals surface area contributed by atoms with E-state index in [0.29, 0.717) is 11.2 Å². The first-order valence-electron chi connectivity index (χ1n) is 9.66. The Kier molecular flexibility index (Phi) is 6.52. The number of hydrogen-bond donors (Lipinski definition) is 3. The van der Waals surface area contributed by atoms with Crippen molar-refractivity contribution in [1.29, 1.82) is 5.26 Å². The standard InChI is InChI=1S/C19H26N6O5/c1-11(2)29-18(27)12(3)23-10-28-7-13-6-16(26)19(8-20,30-13)15-5-4-14-17(21)22-9-24-25(14)15/h4-5,9,11-13,16,23,26H,6-7,10H2,1-3H3,(H2,21,22,24)/t12-,13-,16+,19-/m0/s1. The molecule has 2 aromatic rings. The van der Waals surface area contributed by atoms with Crippen LogP contribution < -0.4 is 11.1 Å². The van der Waals surface area contributed by atoms with Gasteiger partial charge in [0.1, 0.15) is 30.1 Å². The van der Waals surface area contributed by atoms with E-state index in [1.165, 1.54) is 10.8 Å². The van der Waals surface area contributed by atoms with Crippen LogP contribution in [0.3, 0.4) is 0 Å². The Hall–Kier alpha value is -2.78. The Labute approximate surface area is 173 Å². The van der Waals surface area contributed by atoms with Gasteiger partial charge in [-0.2, -0.15) is 10.4 Å². The fourth-order valence-electron chi connectivity index (χ4n) is 3.32. The number of hydrogen-bond acceptors (Lipinski definition) is 10. The topological polar surface area (TPSA) is 157 Å². The lowest BCUT2D eigenvalue weighted by Gasteiger charge is -2.24. The minimum atomic E-state index is -1.61. The summed E-state index contributed by atoms with van der Waals surface area (Å²) in [6.45, 7) is 5.44. The zero-order valence-electron chi connectivity index (χ0n) is 17.1. The summed E-state index contributed by atoms with van der Waals surface area (Å²) in [5, 5.41) is 27.5. The van der Waals surface area contributed by atoms with Gasteiger partial charge in [0.2, 0.25) is 5.60 Å². The number of aliphatic hydroxyl groups is 1. The van der Waals surface area contributed by atoms with Crippen LogP contribution in [0.25, 0.3) is 5.52 Å². The Bertz CT molecular complexity index is 941. The summed E-state index contributed by atoms with van der Waals surface area (Å²) in [6, 6.07) is 4.87. The van der Waals surface area contributed by atoms with Crippen LogP contribution in [0.4, 0.5) is 5.82 Å². The smallest absolute Gasteiger partial charge is 0.323 e. The van der Waals surface area contributed by atoms with Gasteiger partial charge in [-0.25, -0.2) is 9.50 Å². The van der Waals surface area contributed by atoms with Gasteiger partial charge in [-0.15, -0.1) is 0 Å². The highest BCUT2D eigenvalue weighted by molar-refractivity contribution is 5.75. The van der Waals surface area contributed by atoms with Crippen LogP contribution in [-0.2, 0) is 24.6 Å². The number of carbonyl (C=O) groups is 1. The van der Waals surface area contributed by atoms with Gasteiger partial charge in [-0.3, -0.25) is 10.1 Å². The summed E-state index contributed by atoms with van der Waals surface area (Å²) in [7, 11) is 0. The molecule has 0 unspecified atom stereocenters. The zero-order valence-corrected chi connectivity index (χ0v) is 17.1. The predicted octanol–water partition coefficient (Wildman–Crippen LogP) is 0.0840. The maximum atomic E-state index is 11.8. The number of rotatable bonds is 8. The van der Waals surface area contributed by atoms with Crippen LogP contribution >= 0.6 is 0 Å². The second-order valence-corrected chi connectivity index (χ2v) is 7.43. The van der Waals surface area contributed by atoms with E-state index in [1.807, 2.05) is 0 Å². The van der Waals surface area contributed by atoms with Crippen LogP contribution in [0, 0.1) is 11.3 Å².